The third kappa shape index (κ3) is 3.35. The van der Waals surface area contributed by atoms with Crippen LogP contribution >= 0.6 is 0 Å². The van der Waals surface area contributed by atoms with Crippen molar-refractivity contribution in [2.24, 2.45) is 0 Å². The van der Waals surface area contributed by atoms with Gasteiger partial charge in [-0.15, -0.1) is 0 Å². The van der Waals surface area contributed by atoms with Gasteiger partial charge < -0.3 is 9.84 Å². The summed E-state index contributed by atoms with van der Waals surface area (Å²) in [5.41, 5.74) is 2.52. The minimum Gasteiger partial charge on any atom is -0.497 e. The average molecular weight is 368 g/mol. The van der Waals surface area contributed by atoms with Crippen molar-refractivity contribution >= 4 is 17.1 Å². The number of aromatic nitrogens is 2. The van der Waals surface area contributed by atoms with Crippen LogP contribution in [0.5, 0.6) is 5.75 Å². The molecule has 0 unspecified atom stereocenters. The lowest BCUT2D eigenvalue weighted by atomic mass is 9.93. The Morgan fingerprint density at radius 3 is 2.33 bits per heavy atom. The summed E-state index contributed by atoms with van der Waals surface area (Å²) >= 11 is 0. The Labute approximate surface area is 157 Å². The van der Waals surface area contributed by atoms with E-state index in [0.717, 1.165) is 34.3 Å². The molecule has 0 aliphatic carbocycles. The molecule has 27 heavy (non-hydrogen) atoms. The highest BCUT2D eigenvalue weighted by atomic mass is 16.5. The number of nitrogens with zero attached hydrogens (tertiary/aromatic N) is 2. The zero-order valence-corrected chi connectivity index (χ0v) is 15.8. The third-order valence-corrected chi connectivity index (χ3v) is 5.10. The summed E-state index contributed by atoms with van der Waals surface area (Å²) in [6.07, 6.45) is 0.579. The van der Waals surface area contributed by atoms with E-state index >= 15 is 0 Å². The number of carbonyl (C=O) groups is 1. The first kappa shape index (κ1) is 18.8. The highest BCUT2D eigenvalue weighted by Crippen LogP contribution is 2.30. The van der Waals surface area contributed by atoms with Gasteiger partial charge >= 0.3 is 11.8 Å². The van der Waals surface area contributed by atoms with Crippen molar-refractivity contribution in [3.8, 4) is 5.75 Å². The number of ether oxygens (including phenoxy) is 1. The lowest BCUT2D eigenvalue weighted by molar-refractivity contribution is 0.196. The molecule has 0 aliphatic rings. The fourth-order valence-electron chi connectivity index (χ4n) is 3.65. The van der Waals surface area contributed by atoms with Crippen LogP contribution in [0.15, 0.2) is 47.3 Å². The number of para-hydroxylation sites is 1. The number of rotatable bonds is 6. The summed E-state index contributed by atoms with van der Waals surface area (Å²) in [6.45, 7) is 4.51. The Hall–Kier alpha value is -3.02. The van der Waals surface area contributed by atoms with E-state index in [4.69, 9.17) is 4.74 Å². The van der Waals surface area contributed by atoms with E-state index in [9.17, 15) is 14.7 Å². The normalized spacial score (nSPS) is 11.3. The maximum Gasteiger partial charge on any atom is 0.420 e. The molecule has 6 nitrogen and oxygen atoms in total. The van der Waals surface area contributed by atoms with Crippen molar-refractivity contribution in [2.75, 3.05) is 7.11 Å². The van der Waals surface area contributed by atoms with E-state index in [1.807, 2.05) is 36.4 Å². The Bertz CT molecular complexity index is 1010. The second kappa shape index (κ2) is 7.70. The summed E-state index contributed by atoms with van der Waals surface area (Å²) < 4.78 is 7.58. The minimum atomic E-state index is -1.26. The molecule has 1 heterocycles. The number of fused-ring (bicyclic) bond motifs is 1. The van der Waals surface area contributed by atoms with Gasteiger partial charge in [0.2, 0.25) is 0 Å². The minimum absolute atomic E-state index is 0.264. The first-order valence-corrected chi connectivity index (χ1v) is 9.12. The van der Waals surface area contributed by atoms with Crippen LogP contribution in [-0.2, 0) is 6.54 Å². The zero-order valence-electron chi connectivity index (χ0n) is 15.8. The number of hydrogen-bond donors (Lipinski definition) is 1. The van der Waals surface area contributed by atoms with Gasteiger partial charge in [-0.3, -0.25) is 4.57 Å². The molecule has 0 spiro atoms. The van der Waals surface area contributed by atoms with E-state index in [2.05, 4.69) is 13.8 Å². The van der Waals surface area contributed by atoms with Crippen LogP contribution in [0.1, 0.15) is 43.7 Å². The largest absolute Gasteiger partial charge is 0.497 e. The van der Waals surface area contributed by atoms with Crippen molar-refractivity contribution in [3.05, 3.63) is 64.1 Å². The molecule has 6 heteroatoms. The van der Waals surface area contributed by atoms with E-state index in [0.29, 0.717) is 17.6 Å². The molecule has 142 valence electrons. The SMILES string of the molecule is CCC(CC)c1cccc2c1n(Cc1ccc(OC)cc1)c(=O)n2C(=O)O. The van der Waals surface area contributed by atoms with Crippen LogP contribution in [0.2, 0.25) is 0 Å². The Morgan fingerprint density at radius 2 is 1.78 bits per heavy atom. The molecule has 0 radical (unpaired) electrons. The average Bonchev–Trinajstić information content (AvgIpc) is 2.96. The van der Waals surface area contributed by atoms with E-state index < -0.39 is 11.8 Å². The third-order valence-electron chi connectivity index (χ3n) is 5.10. The van der Waals surface area contributed by atoms with Gasteiger partial charge in [0.15, 0.2) is 0 Å². The summed E-state index contributed by atoms with van der Waals surface area (Å²) in [7, 11) is 1.60. The van der Waals surface area contributed by atoms with E-state index in [1.54, 1.807) is 17.7 Å². The van der Waals surface area contributed by atoms with Gasteiger partial charge in [-0.2, -0.15) is 4.57 Å². The maximum absolute atomic E-state index is 12.9. The zero-order chi connectivity index (χ0) is 19.6. The summed E-state index contributed by atoms with van der Waals surface area (Å²) in [5, 5.41) is 9.59. The van der Waals surface area contributed by atoms with Crippen molar-refractivity contribution < 1.29 is 14.6 Å². The quantitative estimate of drug-likeness (QED) is 0.704. The lowest BCUT2D eigenvalue weighted by Gasteiger charge is -2.16. The lowest BCUT2D eigenvalue weighted by Crippen LogP contribution is -2.28. The van der Waals surface area contributed by atoms with Crippen molar-refractivity contribution in [2.45, 2.75) is 39.2 Å². The fourth-order valence-corrected chi connectivity index (χ4v) is 3.65. The summed E-state index contributed by atoms with van der Waals surface area (Å²) in [5.74, 6) is 0.997. The highest BCUT2D eigenvalue weighted by molar-refractivity contribution is 5.88. The number of imidazole rings is 1. The predicted molar refractivity (Wildman–Crippen MR) is 105 cm³/mol. The topological polar surface area (TPSA) is 73.5 Å². The van der Waals surface area contributed by atoms with Gasteiger partial charge in [0.1, 0.15) is 5.75 Å². The van der Waals surface area contributed by atoms with Gasteiger partial charge in [-0.25, -0.2) is 9.59 Å². The van der Waals surface area contributed by atoms with Crippen molar-refractivity contribution in [3.63, 3.8) is 0 Å². The van der Waals surface area contributed by atoms with Crippen molar-refractivity contribution in [1.29, 1.82) is 0 Å². The smallest absolute Gasteiger partial charge is 0.420 e. The van der Waals surface area contributed by atoms with Gasteiger partial charge in [0.25, 0.3) is 0 Å². The second-order valence-electron chi connectivity index (χ2n) is 6.56. The number of methoxy groups -OCH3 is 1. The van der Waals surface area contributed by atoms with Gasteiger partial charge in [0, 0.05) is 0 Å². The summed E-state index contributed by atoms with van der Waals surface area (Å²) in [6, 6.07) is 12.9. The molecule has 0 aliphatic heterocycles. The van der Waals surface area contributed by atoms with Gasteiger partial charge in [0.05, 0.1) is 24.7 Å². The molecule has 0 atom stereocenters. The summed E-state index contributed by atoms with van der Waals surface area (Å²) in [4.78, 5) is 24.7. The Morgan fingerprint density at radius 1 is 1.11 bits per heavy atom. The van der Waals surface area contributed by atoms with Crippen LogP contribution < -0.4 is 10.4 Å². The number of hydrogen-bond acceptors (Lipinski definition) is 3. The molecular weight excluding hydrogens is 344 g/mol. The van der Waals surface area contributed by atoms with Crippen LogP contribution in [0, 0.1) is 0 Å². The number of benzene rings is 2. The van der Waals surface area contributed by atoms with Crippen LogP contribution in [-0.4, -0.2) is 27.4 Å². The predicted octanol–water partition coefficient (Wildman–Crippen LogP) is 4.29. The first-order chi connectivity index (χ1) is 13.0. The maximum atomic E-state index is 12.9. The molecule has 0 bridgehead atoms. The van der Waals surface area contributed by atoms with Crippen molar-refractivity contribution in [1.82, 2.24) is 9.13 Å². The fraction of sp³-hybridized carbons (Fsp3) is 0.333. The molecule has 3 rings (SSSR count). The van der Waals surface area contributed by atoms with Gasteiger partial charge in [-0.05, 0) is 48.1 Å². The Balaban J connectivity index is 2.24. The number of carboxylic acid groups (broad SMARTS) is 1. The monoisotopic (exact) mass is 368 g/mol. The van der Waals surface area contributed by atoms with E-state index in [-0.39, 0.29) is 5.92 Å². The first-order valence-electron chi connectivity index (χ1n) is 9.12. The molecule has 0 saturated carbocycles. The standard InChI is InChI=1S/C21H24N2O4/c1-4-15(5-2)17-7-6-8-18-19(17)22(20(24)23(18)21(25)26)13-14-9-11-16(27-3)12-10-14/h6-12,15H,4-5,13H2,1-3H3,(H,25,26). The molecule has 1 N–H and O–H groups in total. The van der Waals surface area contributed by atoms with Gasteiger partial charge in [-0.1, -0.05) is 38.1 Å². The van der Waals surface area contributed by atoms with Crippen LogP contribution in [0.3, 0.4) is 0 Å². The molecule has 2 aromatic carbocycles. The molecule has 3 aromatic rings. The van der Waals surface area contributed by atoms with Crippen LogP contribution in [0.4, 0.5) is 4.79 Å². The molecule has 0 amide bonds. The Kier molecular flexibility index (Phi) is 5.35. The highest BCUT2D eigenvalue weighted by Gasteiger charge is 2.22. The molecule has 0 saturated heterocycles. The molecule has 0 fully saturated rings. The molecule has 1 aromatic heterocycles. The van der Waals surface area contributed by atoms with E-state index in [1.165, 1.54) is 0 Å². The molecular formula is C21H24N2O4. The second-order valence-corrected chi connectivity index (χ2v) is 6.56. The van der Waals surface area contributed by atoms with Crippen LogP contribution in [0.25, 0.3) is 11.0 Å².